The first kappa shape index (κ1) is 9.77. The van der Waals surface area contributed by atoms with Gasteiger partial charge in [0, 0.05) is 12.8 Å². The van der Waals surface area contributed by atoms with E-state index in [1.54, 1.807) is 0 Å². The molecular formula is C9H12O4. The lowest BCUT2D eigenvalue weighted by Gasteiger charge is -2.28. The minimum atomic E-state index is -1.34. The number of carbonyl (C=O) groups excluding carboxylic acids is 1. The molecule has 0 aromatic rings. The van der Waals surface area contributed by atoms with Crippen molar-refractivity contribution in [3.63, 3.8) is 0 Å². The van der Waals surface area contributed by atoms with Crippen molar-refractivity contribution in [1.82, 2.24) is 0 Å². The standard InChI is InChI=1S/C9H12O4/c1-9(2)3-5(10)7(8(12)13)6(11)4-9/h10H,3-4H2,1-2H3,(H,12,13). The number of aliphatic hydroxyl groups excluding tert-OH is 1. The van der Waals surface area contributed by atoms with Crippen LogP contribution in [-0.2, 0) is 9.59 Å². The Kier molecular flexibility index (Phi) is 2.15. The summed E-state index contributed by atoms with van der Waals surface area (Å²) in [6.45, 7) is 3.64. The second kappa shape index (κ2) is 2.87. The van der Waals surface area contributed by atoms with Crippen LogP contribution in [0.25, 0.3) is 0 Å². The third-order valence-corrected chi connectivity index (χ3v) is 2.07. The molecule has 72 valence electrons. The number of Topliss-reactive ketones (excluding diaryl/α,β-unsaturated/α-hetero) is 1. The number of aliphatic hydroxyl groups is 1. The van der Waals surface area contributed by atoms with Crippen molar-refractivity contribution in [2.45, 2.75) is 26.7 Å². The van der Waals surface area contributed by atoms with E-state index in [9.17, 15) is 14.7 Å². The summed E-state index contributed by atoms with van der Waals surface area (Å²) >= 11 is 0. The van der Waals surface area contributed by atoms with Crippen LogP contribution in [0.3, 0.4) is 0 Å². The fourth-order valence-corrected chi connectivity index (χ4v) is 1.53. The van der Waals surface area contributed by atoms with Crippen LogP contribution in [0, 0.1) is 5.41 Å². The summed E-state index contributed by atoms with van der Waals surface area (Å²) in [6, 6.07) is 0. The van der Waals surface area contributed by atoms with Crippen molar-refractivity contribution in [3.05, 3.63) is 11.3 Å². The summed E-state index contributed by atoms with van der Waals surface area (Å²) in [5.41, 5.74) is -0.778. The predicted octanol–water partition coefficient (Wildman–Crippen LogP) is 1.27. The van der Waals surface area contributed by atoms with Gasteiger partial charge in [0.15, 0.2) is 5.78 Å². The second-order valence-electron chi connectivity index (χ2n) is 4.07. The Hall–Kier alpha value is -1.32. The number of hydrogen-bond acceptors (Lipinski definition) is 3. The lowest BCUT2D eigenvalue weighted by Crippen LogP contribution is -2.29. The molecule has 0 aliphatic heterocycles. The van der Waals surface area contributed by atoms with E-state index in [1.807, 2.05) is 13.8 Å². The van der Waals surface area contributed by atoms with E-state index in [1.165, 1.54) is 0 Å². The number of rotatable bonds is 1. The summed E-state index contributed by atoms with van der Waals surface area (Å²) in [5.74, 6) is -2.12. The molecule has 4 nitrogen and oxygen atoms in total. The summed E-state index contributed by atoms with van der Waals surface area (Å²) in [5, 5.41) is 17.9. The van der Waals surface area contributed by atoms with Gasteiger partial charge in [-0.3, -0.25) is 4.79 Å². The van der Waals surface area contributed by atoms with Crippen LogP contribution in [0.4, 0.5) is 0 Å². The Labute approximate surface area is 75.9 Å². The van der Waals surface area contributed by atoms with Crippen molar-refractivity contribution in [1.29, 1.82) is 0 Å². The number of aliphatic carboxylic acids is 1. The van der Waals surface area contributed by atoms with Crippen LogP contribution in [0.1, 0.15) is 26.7 Å². The quantitative estimate of drug-likeness (QED) is 0.602. The number of hydrogen-bond donors (Lipinski definition) is 2. The van der Waals surface area contributed by atoms with Crippen molar-refractivity contribution >= 4 is 11.8 Å². The van der Waals surface area contributed by atoms with Crippen LogP contribution >= 0.6 is 0 Å². The highest BCUT2D eigenvalue weighted by atomic mass is 16.4. The monoisotopic (exact) mass is 184 g/mol. The summed E-state index contributed by atoms with van der Waals surface area (Å²) < 4.78 is 0. The van der Waals surface area contributed by atoms with Crippen LogP contribution in [-0.4, -0.2) is 22.0 Å². The van der Waals surface area contributed by atoms with Gasteiger partial charge >= 0.3 is 5.97 Å². The van der Waals surface area contributed by atoms with E-state index >= 15 is 0 Å². The maximum atomic E-state index is 11.3. The van der Waals surface area contributed by atoms with Gasteiger partial charge in [-0.1, -0.05) is 13.8 Å². The highest BCUT2D eigenvalue weighted by Crippen LogP contribution is 2.35. The van der Waals surface area contributed by atoms with E-state index in [0.717, 1.165) is 0 Å². The van der Waals surface area contributed by atoms with E-state index in [-0.39, 0.29) is 24.0 Å². The highest BCUT2D eigenvalue weighted by Gasteiger charge is 2.35. The molecule has 0 unspecified atom stereocenters. The largest absolute Gasteiger partial charge is 0.511 e. The van der Waals surface area contributed by atoms with Gasteiger partial charge in [-0.2, -0.15) is 0 Å². The number of ketones is 1. The van der Waals surface area contributed by atoms with Crippen LogP contribution in [0.15, 0.2) is 11.3 Å². The molecule has 0 bridgehead atoms. The molecule has 0 radical (unpaired) electrons. The first-order chi connectivity index (χ1) is 5.83. The van der Waals surface area contributed by atoms with Gasteiger partial charge in [-0.05, 0) is 5.41 Å². The molecular weight excluding hydrogens is 172 g/mol. The third-order valence-electron chi connectivity index (χ3n) is 2.07. The van der Waals surface area contributed by atoms with Crippen molar-refractivity contribution in [2.75, 3.05) is 0 Å². The van der Waals surface area contributed by atoms with Gasteiger partial charge in [-0.15, -0.1) is 0 Å². The first-order valence-corrected chi connectivity index (χ1v) is 4.02. The molecule has 4 heteroatoms. The van der Waals surface area contributed by atoms with Gasteiger partial charge < -0.3 is 10.2 Å². The maximum Gasteiger partial charge on any atom is 0.342 e. The number of carboxylic acids is 1. The molecule has 0 fully saturated rings. The third kappa shape index (κ3) is 1.88. The summed E-state index contributed by atoms with van der Waals surface area (Å²) in [7, 11) is 0. The molecule has 0 heterocycles. The number of carboxylic acid groups (broad SMARTS) is 1. The van der Waals surface area contributed by atoms with E-state index in [4.69, 9.17) is 5.11 Å². The second-order valence-corrected chi connectivity index (χ2v) is 4.07. The lowest BCUT2D eigenvalue weighted by molar-refractivity contribution is -0.135. The van der Waals surface area contributed by atoms with Gasteiger partial charge in [0.1, 0.15) is 11.3 Å². The van der Waals surface area contributed by atoms with Gasteiger partial charge in [0.05, 0.1) is 0 Å². The Morgan fingerprint density at radius 1 is 1.38 bits per heavy atom. The van der Waals surface area contributed by atoms with E-state index in [2.05, 4.69) is 0 Å². The molecule has 2 N–H and O–H groups in total. The van der Waals surface area contributed by atoms with Crippen molar-refractivity contribution in [2.24, 2.45) is 5.41 Å². The molecule has 0 saturated heterocycles. The molecule has 0 saturated carbocycles. The zero-order chi connectivity index (χ0) is 10.2. The highest BCUT2D eigenvalue weighted by molar-refractivity contribution is 6.17. The topological polar surface area (TPSA) is 74.6 Å². The molecule has 0 aromatic heterocycles. The number of carbonyl (C=O) groups is 2. The molecule has 0 amide bonds. The molecule has 1 rings (SSSR count). The Balaban J connectivity index is 3.09. The van der Waals surface area contributed by atoms with Gasteiger partial charge in [-0.25, -0.2) is 4.79 Å². The normalized spacial score (nSPS) is 21.8. The molecule has 1 aliphatic carbocycles. The SMILES string of the molecule is CC1(C)CC(=O)C(C(=O)O)=C(O)C1. The lowest BCUT2D eigenvalue weighted by atomic mass is 9.76. The summed E-state index contributed by atoms with van der Waals surface area (Å²) in [4.78, 5) is 21.8. The smallest absolute Gasteiger partial charge is 0.342 e. The maximum absolute atomic E-state index is 11.3. The minimum absolute atomic E-state index is 0.179. The molecule has 0 atom stereocenters. The average molecular weight is 184 g/mol. The fourth-order valence-electron chi connectivity index (χ4n) is 1.53. The number of allylic oxidation sites excluding steroid dienone is 1. The molecule has 0 aromatic carbocycles. The first-order valence-electron chi connectivity index (χ1n) is 4.02. The predicted molar refractivity (Wildman–Crippen MR) is 45.3 cm³/mol. The summed E-state index contributed by atoms with van der Waals surface area (Å²) in [6.07, 6.45) is 0.430. The van der Waals surface area contributed by atoms with Crippen LogP contribution in [0.5, 0.6) is 0 Å². The van der Waals surface area contributed by atoms with Crippen LogP contribution < -0.4 is 0 Å². The zero-order valence-corrected chi connectivity index (χ0v) is 7.63. The molecule has 1 aliphatic rings. The fraction of sp³-hybridized carbons (Fsp3) is 0.556. The average Bonchev–Trinajstić information content (AvgIpc) is 1.78. The Bertz CT molecular complexity index is 299. The van der Waals surface area contributed by atoms with E-state index < -0.39 is 17.3 Å². The van der Waals surface area contributed by atoms with Gasteiger partial charge in [0.25, 0.3) is 0 Å². The Morgan fingerprint density at radius 2 is 1.92 bits per heavy atom. The molecule has 13 heavy (non-hydrogen) atoms. The zero-order valence-electron chi connectivity index (χ0n) is 7.63. The van der Waals surface area contributed by atoms with E-state index in [0.29, 0.717) is 0 Å². The Morgan fingerprint density at radius 3 is 2.31 bits per heavy atom. The van der Waals surface area contributed by atoms with Gasteiger partial charge in [0.2, 0.25) is 0 Å². The van der Waals surface area contributed by atoms with Crippen molar-refractivity contribution < 1.29 is 19.8 Å². The van der Waals surface area contributed by atoms with Crippen molar-refractivity contribution in [3.8, 4) is 0 Å². The minimum Gasteiger partial charge on any atom is -0.511 e. The van der Waals surface area contributed by atoms with Crippen LogP contribution in [0.2, 0.25) is 0 Å². The molecule has 0 spiro atoms.